The number of nitrogens with zero attached hydrogens (tertiary/aromatic N) is 6. The summed E-state index contributed by atoms with van der Waals surface area (Å²) in [4.78, 5) is 21.1. The second-order valence-electron chi connectivity index (χ2n) is 8.35. The smallest absolute Gasteiger partial charge is 0.225 e. The van der Waals surface area contributed by atoms with Gasteiger partial charge >= 0.3 is 0 Å². The number of benzene rings is 1. The molecule has 0 unspecified atom stereocenters. The van der Waals surface area contributed by atoms with Gasteiger partial charge in [-0.05, 0) is 37.0 Å². The third kappa shape index (κ3) is 3.08. The summed E-state index contributed by atoms with van der Waals surface area (Å²) in [7, 11) is 0. The molecule has 0 aliphatic carbocycles. The monoisotopic (exact) mass is 412 g/mol. The third-order valence-corrected chi connectivity index (χ3v) is 6.53. The number of fused-ring (bicyclic) bond motifs is 3. The lowest BCUT2D eigenvalue weighted by molar-refractivity contribution is 0.265. The molecular weight excluding hydrogens is 388 g/mol. The number of aryl methyl sites for hydroxylation is 1. The lowest BCUT2D eigenvalue weighted by Gasteiger charge is -2.22. The van der Waals surface area contributed by atoms with Crippen LogP contribution in [0.3, 0.4) is 0 Å². The molecule has 5 heterocycles. The van der Waals surface area contributed by atoms with Gasteiger partial charge in [-0.25, -0.2) is 19.9 Å². The van der Waals surface area contributed by atoms with E-state index in [1.165, 1.54) is 5.56 Å². The molecule has 1 saturated heterocycles. The number of rotatable bonds is 4. The van der Waals surface area contributed by atoms with E-state index in [1.54, 1.807) is 0 Å². The molecule has 7 heteroatoms. The maximum atomic E-state index is 9.58. The number of pyridine rings is 1. The maximum absolute atomic E-state index is 9.58. The predicted octanol–water partition coefficient (Wildman–Crippen LogP) is 3.39. The van der Waals surface area contributed by atoms with Crippen molar-refractivity contribution < 1.29 is 5.11 Å². The van der Waals surface area contributed by atoms with Gasteiger partial charge < -0.3 is 14.6 Å². The predicted molar refractivity (Wildman–Crippen MR) is 119 cm³/mol. The first-order valence-corrected chi connectivity index (χ1v) is 10.9. The van der Waals surface area contributed by atoms with Crippen molar-refractivity contribution in [1.82, 2.24) is 24.5 Å². The Morgan fingerprint density at radius 2 is 1.81 bits per heavy atom. The van der Waals surface area contributed by atoms with Crippen molar-refractivity contribution in [3.63, 3.8) is 0 Å². The van der Waals surface area contributed by atoms with Crippen LogP contribution in [0, 0.1) is 0 Å². The molecular formula is C24H24N6O. The topological polar surface area (TPSA) is 80.0 Å². The van der Waals surface area contributed by atoms with Gasteiger partial charge in [-0.2, -0.15) is 0 Å². The molecule has 2 aliphatic rings. The van der Waals surface area contributed by atoms with Crippen molar-refractivity contribution in [1.29, 1.82) is 0 Å². The highest BCUT2D eigenvalue weighted by molar-refractivity contribution is 5.76. The average molecular weight is 412 g/mol. The minimum Gasteiger partial charge on any atom is -0.394 e. The van der Waals surface area contributed by atoms with Gasteiger partial charge in [0.25, 0.3) is 0 Å². The zero-order chi connectivity index (χ0) is 20.8. The van der Waals surface area contributed by atoms with Crippen LogP contribution in [0.1, 0.15) is 36.7 Å². The number of hydrogen-bond acceptors (Lipinski definition) is 6. The number of aliphatic hydroxyl groups is 1. The summed E-state index contributed by atoms with van der Waals surface area (Å²) in [6.45, 7) is 1.02. The molecule has 6 rings (SSSR count). The molecule has 0 spiro atoms. The normalized spacial score (nSPS) is 20.5. The molecule has 4 aromatic rings. The van der Waals surface area contributed by atoms with Crippen LogP contribution in [0.5, 0.6) is 0 Å². The van der Waals surface area contributed by atoms with Gasteiger partial charge in [-0.1, -0.05) is 30.3 Å². The fourth-order valence-electron chi connectivity index (χ4n) is 4.96. The molecule has 1 aromatic carbocycles. The van der Waals surface area contributed by atoms with Gasteiger partial charge in [0, 0.05) is 30.9 Å². The second-order valence-corrected chi connectivity index (χ2v) is 8.35. The zero-order valence-corrected chi connectivity index (χ0v) is 17.2. The second kappa shape index (κ2) is 7.42. The van der Waals surface area contributed by atoms with Crippen LogP contribution in [0.15, 0.2) is 54.9 Å². The molecule has 1 fully saturated rings. The molecule has 2 atom stereocenters. The van der Waals surface area contributed by atoms with Crippen molar-refractivity contribution in [2.24, 2.45) is 0 Å². The Morgan fingerprint density at radius 3 is 2.61 bits per heavy atom. The highest BCUT2D eigenvalue weighted by Gasteiger charge is 2.28. The summed E-state index contributed by atoms with van der Waals surface area (Å²) in [5, 5.41) is 9.58. The van der Waals surface area contributed by atoms with Crippen LogP contribution in [-0.2, 0) is 6.42 Å². The summed E-state index contributed by atoms with van der Waals surface area (Å²) in [6, 6.07) is 15.0. The summed E-state index contributed by atoms with van der Waals surface area (Å²) in [6.07, 6.45) is 7.72. The van der Waals surface area contributed by atoms with E-state index in [2.05, 4.69) is 49.8 Å². The molecule has 0 amide bonds. The standard InChI is InChI=1S/C24H24N6O/c31-15-18-7-4-12-29(18)24-25-13-17(14-26-24)19-8-9-20-23(28-19)30-21(10-11-22(30)27-20)16-5-2-1-3-6-16/h1-3,5-6,8-9,13-14,18,21,31H,4,7,10-12,15H2/t18-,21+/m0/s1. The Kier molecular flexibility index (Phi) is 4.42. The van der Waals surface area contributed by atoms with Crippen molar-refractivity contribution in [3.05, 3.63) is 66.2 Å². The van der Waals surface area contributed by atoms with E-state index in [0.717, 1.165) is 60.5 Å². The Bertz CT molecular complexity index is 1220. The number of aromatic nitrogens is 5. The van der Waals surface area contributed by atoms with E-state index in [4.69, 9.17) is 9.97 Å². The van der Waals surface area contributed by atoms with Crippen LogP contribution >= 0.6 is 0 Å². The third-order valence-electron chi connectivity index (χ3n) is 6.53. The van der Waals surface area contributed by atoms with E-state index in [9.17, 15) is 5.11 Å². The van der Waals surface area contributed by atoms with E-state index in [-0.39, 0.29) is 18.7 Å². The largest absolute Gasteiger partial charge is 0.394 e. The van der Waals surface area contributed by atoms with Crippen LogP contribution in [-0.4, -0.2) is 48.8 Å². The number of imidazole rings is 1. The summed E-state index contributed by atoms with van der Waals surface area (Å²) >= 11 is 0. The maximum Gasteiger partial charge on any atom is 0.225 e. The summed E-state index contributed by atoms with van der Waals surface area (Å²) < 4.78 is 2.29. The molecule has 3 aromatic heterocycles. The van der Waals surface area contributed by atoms with E-state index in [1.807, 2.05) is 24.5 Å². The number of anilines is 1. The summed E-state index contributed by atoms with van der Waals surface area (Å²) in [5.74, 6) is 1.78. The van der Waals surface area contributed by atoms with Crippen molar-refractivity contribution in [2.75, 3.05) is 18.1 Å². The minimum absolute atomic E-state index is 0.115. The van der Waals surface area contributed by atoms with E-state index < -0.39 is 0 Å². The highest BCUT2D eigenvalue weighted by atomic mass is 16.3. The Labute approximate surface area is 180 Å². The first kappa shape index (κ1) is 18.4. The van der Waals surface area contributed by atoms with Gasteiger partial charge in [0.2, 0.25) is 5.95 Å². The Hall–Kier alpha value is -3.32. The van der Waals surface area contributed by atoms with Crippen molar-refractivity contribution in [3.8, 4) is 11.3 Å². The average Bonchev–Trinajstić information content (AvgIpc) is 3.54. The first-order valence-electron chi connectivity index (χ1n) is 10.9. The lowest BCUT2D eigenvalue weighted by atomic mass is 10.0. The number of hydrogen-bond donors (Lipinski definition) is 1. The van der Waals surface area contributed by atoms with Crippen molar-refractivity contribution >= 4 is 17.1 Å². The first-order chi connectivity index (χ1) is 15.3. The highest BCUT2D eigenvalue weighted by Crippen LogP contribution is 2.35. The van der Waals surface area contributed by atoms with Gasteiger partial charge in [0.1, 0.15) is 11.3 Å². The van der Waals surface area contributed by atoms with Gasteiger partial charge in [-0.3, -0.25) is 0 Å². The fraction of sp³-hybridized carbons (Fsp3) is 0.333. The quantitative estimate of drug-likeness (QED) is 0.554. The Balaban J connectivity index is 1.36. The molecule has 0 bridgehead atoms. The van der Waals surface area contributed by atoms with Crippen LogP contribution in [0.25, 0.3) is 22.4 Å². The van der Waals surface area contributed by atoms with E-state index in [0.29, 0.717) is 5.95 Å². The zero-order valence-electron chi connectivity index (χ0n) is 17.2. The molecule has 1 N–H and O–H groups in total. The van der Waals surface area contributed by atoms with E-state index >= 15 is 0 Å². The lowest BCUT2D eigenvalue weighted by Crippen LogP contribution is -2.33. The van der Waals surface area contributed by atoms with Gasteiger partial charge in [-0.15, -0.1) is 0 Å². The fourth-order valence-corrected chi connectivity index (χ4v) is 4.96. The molecule has 0 saturated carbocycles. The number of aliphatic hydroxyl groups excluding tert-OH is 1. The van der Waals surface area contributed by atoms with Gasteiger partial charge in [0.05, 0.1) is 24.4 Å². The molecule has 0 radical (unpaired) electrons. The minimum atomic E-state index is 0.115. The molecule has 156 valence electrons. The molecule has 31 heavy (non-hydrogen) atoms. The molecule has 2 aliphatic heterocycles. The Morgan fingerprint density at radius 1 is 0.968 bits per heavy atom. The SMILES string of the molecule is OC[C@@H]1CCCN1c1ncc(-c2ccc3nc4n(c3n2)[C@@H](c2ccccc2)CC4)cn1. The molecule has 7 nitrogen and oxygen atoms in total. The van der Waals surface area contributed by atoms with Crippen molar-refractivity contribution in [2.45, 2.75) is 37.8 Å². The van der Waals surface area contributed by atoms with Gasteiger partial charge in [0.15, 0.2) is 5.65 Å². The van der Waals surface area contributed by atoms with Crippen LogP contribution < -0.4 is 4.90 Å². The summed E-state index contributed by atoms with van der Waals surface area (Å²) in [5.41, 5.74) is 4.88. The van der Waals surface area contributed by atoms with Crippen LogP contribution in [0.4, 0.5) is 5.95 Å². The van der Waals surface area contributed by atoms with Crippen LogP contribution in [0.2, 0.25) is 0 Å².